The van der Waals surface area contributed by atoms with Crippen LogP contribution < -0.4 is 4.74 Å². The van der Waals surface area contributed by atoms with Crippen LogP contribution in [0.5, 0.6) is 5.75 Å². The molecule has 2 aromatic carbocycles. The van der Waals surface area contributed by atoms with E-state index in [1.54, 1.807) is 43.5 Å². The normalized spacial score (nSPS) is 29.6. The third-order valence-corrected chi connectivity index (χ3v) is 5.36. The van der Waals surface area contributed by atoms with Gasteiger partial charge in [0.05, 0.1) is 20.1 Å². The first-order chi connectivity index (χ1) is 11.5. The number of fused-ring (bicyclic) bond motifs is 1. The Morgan fingerprint density at radius 3 is 2.38 bits per heavy atom. The Morgan fingerprint density at radius 1 is 1.04 bits per heavy atom. The lowest BCUT2D eigenvalue weighted by Gasteiger charge is -2.53. The molecule has 24 heavy (non-hydrogen) atoms. The zero-order valence-corrected chi connectivity index (χ0v) is 13.4. The summed E-state index contributed by atoms with van der Waals surface area (Å²) in [6.07, 6.45) is 0.0629. The smallest absolute Gasteiger partial charge is 0.312 e. The average molecular weight is 326 g/mol. The first kappa shape index (κ1) is 15.2. The molecule has 0 aromatic heterocycles. The molecule has 0 saturated heterocycles. The van der Waals surface area contributed by atoms with Crippen molar-refractivity contribution in [1.82, 2.24) is 0 Å². The van der Waals surface area contributed by atoms with Crippen LogP contribution in [0.4, 0.5) is 0 Å². The summed E-state index contributed by atoms with van der Waals surface area (Å²) >= 11 is 0. The lowest BCUT2D eigenvalue weighted by Crippen LogP contribution is -2.57. The van der Waals surface area contributed by atoms with Gasteiger partial charge < -0.3 is 19.7 Å². The molecule has 0 amide bonds. The van der Waals surface area contributed by atoms with Crippen molar-refractivity contribution < 1.29 is 24.5 Å². The molecule has 0 heterocycles. The molecule has 5 heteroatoms. The van der Waals surface area contributed by atoms with Gasteiger partial charge >= 0.3 is 5.97 Å². The number of rotatable bonds is 2. The molecule has 0 radical (unpaired) electrons. The lowest BCUT2D eigenvalue weighted by molar-refractivity contribution is -0.163. The fraction of sp³-hybridized carbons (Fsp3) is 0.316. The maximum atomic E-state index is 12.3. The molecule has 0 spiro atoms. The van der Waals surface area contributed by atoms with E-state index in [1.165, 1.54) is 7.11 Å². The molecule has 0 fully saturated rings. The summed E-state index contributed by atoms with van der Waals surface area (Å²) in [7, 11) is 2.84. The number of hydrogen-bond acceptors (Lipinski definition) is 5. The second-order valence-corrected chi connectivity index (χ2v) is 6.36. The first-order valence-corrected chi connectivity index (χ1v) is 7.78. The molecule has 0 saturated carbocycles. The third-order valence-electron chi connectivity index (χ3n) is 5.36. The molecule has 3 aliphatic rings. The SMILES string of the molecule is COC(=O)C1CC2(O)c3ccccc3C1(O)c1ccc(OC)cc12. The Kier molecular flexibility index (Phi) is 3.04. The number of carbonyl (C=O) groups is 1. The number of ether oxygens (including phenoxy) is 2. The van der Waals surface area contributed by atoms with E-state index in [9.17, 15) is 15.0 Å². The van der Waals surface area contributed by atoms with Crippen LogP contribution in [0.25, 0.3) is 0 Å². The number of esters is 1. The molecule has 5 nitrogen and oxygen atoms in total. The van der Waals surface area contributed by atoms with Crippen LogP contribution in [0.2, 0.25) is 0 Å². The Hall–Kier alpha value is -2.37. The van der Waals surface area contributed by atoms with Crippen LogP contribution in [-0.4, -0.2) is 30.4 Å². The number of hydrogen-bond donors (Lipinski definition) is 2. The molecule has 124 valence electrons. The zero-order chi connectivity index (χ0) is 17.1. The fourth-order valence-corrected chi connectivity index (χ4v) is 4.23. The highest BCUT2D eigenvalue weighted by Crippen LogP contribution is 2.60. The van der Waals surface area contributed by atoms with E-state index in [2.05, 4.69) is 0 Å². The van der Waals surface area contributed by atoms with Crippen LogP contribution in [-0.2, 0) is 20.7 Å². The minimum Gasteiger partial charge on any atom is -0.497 e. The minimum atomic E-state index is -1.53. The van der Waals surface area contributed by atoms with E-state index in [-0.39, 0.29) is 6.42 Å². The summed E-state index contributed by atoms with van der Waals surface area (Å²) in [5.74, 6) is -0.819. The van der Waals surface area contributed by atoms with E-state index < -0.39 is 23.1 Å². The lowest BCUT2D eigenvalue weighted by atomic mass is 9.54. The number of benzene rings is 2. The van der Waals surface area contributed by atoms with Gasteiger partial charge in [0.1, 0.15) is 17.0 Å². The van der Waals surface area contributed by atoms with Gasteiger partial charge in [-0.3, -0.25) is 4.79 Å². The van der Waals surface area contributed by atoms with E-state index in [0.717, 1.165) is 0 Å². The maximum Gasteiger partial charge on any atom is 0.312 e. The minimum absolute atomic E-state index is 0.0629. The number of methoxy groups -OCH3 is 2. The summed E-state index contributed by atoms with van der Waals surface area (Å²) in [5, 5.41) is 23.1. The van der Waals surface area contributed by atoms with E-state index in [4.69, 9.17) is 9.47 Å². The van der Waals surface area contributed by atoms with E-state index in [1.807, 2.05) is 6.07 Å². The van der Waals surface area contributed by atoms with Crippen molar-refractivity contribution in [1.29, 1.82) is 0 Å². The summed E-state index contributed by atoms with van der Waals surface area (Å²) in [6, 6.07) is 12.3. The Bertz CT molecular complexity index is 845. The molecular weight excluding hydrogens is 308 g/mol. The van der Waals surface area contributed by atoms with Crippen molar-refractivity contribution in [3.05, 3.63) is 64.7 Å². The fourth-order valence-electron chi connectivity index (χ4n) is 4.23. The van der Waals surface area contributed by atoms with Crippen LogP contribution in [0.15, 0.2) is 42.5 Å². The summed E-state index contributed by atoms with van der Waals surface area (Å²) in [5.41, 5.74) is -0.644. The van der Waals surface area contributed by atoms with Gasteiger partial charge in [0, 0.05) is 6.42 Å². The van der Waals surface area contributed by atoms with Gasteiger partial charge in [-0.15, -0.1) is 0 Å². The molecular formula is C19H18O5. The summed E-state index contributed by atoms with van der Waals surface area (Å²) in [6.45, 7) is 0. The molecule has 3 atom stereocenters. The van der Waals surface area contributed by atoms with Crippen molar-refractivity contribution in [3.8, 4) is 5.75 Å². The largest absolute Gasteiger partial charge is 0.497 e. The van der Waals surface area contributed by atoms with Crippen LogP contribution in [0.3, 0.4) is 0 Å². The highest BCUT2D eigenvalue weighted by atomic mass is 16.5. The van der Waals surface area contributed by atoms with E-state index >= 15 is 0 Å². The molecule has 2 N–H and O–H groups in total. The third kappa shape index (κ3) is 1.63. The van der Waals surface area contributed by atoms with Gasteiger partial charge in [-0.2, -0.15) is 0 Å². The van der Waals surface area contributed by atoms with Gasteiger partial charge in [0.2, 0.25) is 0 Å². The summed E-state index contributed by atoms with van der Waals surface area (Å²) in [4.78, 5) is 12.3. The van der Waals surface area contributed by atoms with Gasteiger partial charge in [0.25, 0.3) is 0 Å². The summed E-state index contributed by atoms with van der Waals surface area (Å²) < 4.78 is 10.2. The van der Waals surface area contributed by atoms with E-state index in [0.29, 0.717) is 28.0 Å². The molecule has 2 aromatic rings. The van der Waals surface area contributed by atoms with Gasteiger partial charge in [-0.25, -0.2) is 0 Å². The average Bonchev–Trinajstić information content (AvgIpc) is 2.63. The number of aliphatic hydroxyl groups is 2. The molecule has 0 aliphatic heterocycles. The maximum absolute atomic E-state index is 12.3. The van der Waals surface area contributed by atoms with Crippen molar-refractivity contribution in [2.24, 2.45) is 5.92 Å². The highest BCUT2D eigenvalue weighted by Gasteiger charge is 2.62. The Balaban J connectivity index is 2.07. The monoisotopic (exact) mass is 326 g/mol. The molecule has 3 aliphatic carbocycles. The Morgan fingerprint density at radius 2 is 1.71 bits per heavy atom. The van der Waals surface area contributed by atoms with Crippen molar-refractivity contribution in [2.45, 2.75) is 17.6 Å². The molecule has 3 unspecified atom stereocenters. The van der Waals surface area contributed by atoms with Crippen LogP contribution >= 0.6 is 0 Å². The molecule has 5 rings (SSSR count). The van der Waals surface area contributed by atoms with Crippen molar-refractivity contribution >= 4 is 5.97 Å². The van der Waals surface area contributed by atoms with Gasteiger partial charge in [-0.1, -0.05) is 30.3 Å². The standard InChI is InChI=1S/C19H18O5/c1-23-11-7-8-14-15(9-11)18(21)10-16(17(20)24-2)19(14,22)13-6-4-3-5-12(13)18/h3-9,16,21-22H,10H2,1-2H3. The van der Waals surface area contributed by atoms with Crippen molar-refractivity contribution in [3.63, 3.8) is 0 Å². The second kappa shape index (κ2) is 4.82. The second-order valence-electron chi connectivity index (χ2n) is 6.36. The number of carbonyl (C=O) groups excluding carboxylic acids is 1. The van der Waals surface area contributed by atoms with Gasteiger partial charge in [-0.05, 0) is 34.4 Å². The zero-order valence-electron chi connectivity index (χ0n) is 13.4. The predicted octanol–water partition coefficient (Wildman–Crippen LogP) is 1.67. The topological polar surface area (TPSA) is 76.0 Å². The first-order valence-electron chi connectivity index (χ1n) is 7.78. The quantitative estimate of drug-likeness (QED) is 0.821. The predicted molar refractivity (Wildman–Crippen MR) is 85.6 cm³/mol. The highest BCUT2D eigenvalue weighted by molar-refractivity contribution is 5.79. The van der Waals surface area contributed by atoms with Crippen molar-refractivity contribution in [2.75, 3.05) is 14.2 Å². The van der Waals surface area contributed by atoms with Crippen LogP contribution in [0.1, 0.15) is 28.7 Å². The Labute approximate surface area is 139 Å². The van der Waals surface area contributed by atoms with Crippen LogP contribution in [0, 0.1) is 5.92 Å². The van der Waals surface area contributed by atoms with Gasteiger partial charge in [0.15, 0.2) is 0 Å². The molecule has 2 bridgehead atoms.